The molecule has 2 N–H and O–H groups in total. The van der Waals surface area contributed by atoms with E-state index in [1.165, 1.54) is 12.5 Å². The molecule has 2 rings (SSSR count). The predicted octanol–water partition coefficient (Wildman–Crippen LogP) is 3.03. The molecule has 2 nitrogen and oxygen atoms in total. The highest BCUT2D eigenvalue weighted by Gasteiger charge is 2.11. The van der Waals surface area contributed by atoms with Crippen molar-refractivity contribution in [2.45, 2.75) is 25.3 Å². The second-order valence-electron chi connectivity index (χ2n) is 4.15. The largest absolute Gasteiger partial charge is 0.382 e. The Hall–Kier alpha value is -0.800. The summed E-state index contributed by atoms with van der Waals surface area (Å²) < 4.78 is 13.0. The molecule has 0 saturated carbocycles. The Morgan fingerprint density at radius 2 is 2.19 bits per heavy atom. The highest BCUT2D eigenvalue weighted by molar-refractivity contribution is 6.31. The Kier molecular flexibility index (Phi) is 4.02. The van der Waals surface area contributed by atoms with E-state index < -0.39 is 0 Å². The molecule has 1 aliphatic rings. The second-order valence-corrected chi connectivity index (χ2v) is 4.56. The van der Waals surface area contributed by atoms with E-state index in [1.54, 1.807) is 12.1 Å². The molecule has 1 fully saturated rings. The molecule has 1 atom stereocenters. The van der Waals surface area contributed by atoms with Crippen molar-refractivity contribution in [2.24, 2.45) is 0 Å². The number of benzene rings is 1. The van der Waals surface area contributed by atoms with E-state index in [0.717, 1.165) is 31.6 Å². The summed E-state index contributed by atoms with van der Waals surface area (Å²) in [5.74, 6) is -0.366. The normalized spacial score (nSPS) is 21.5. The van der Waals surface area contributed by atoms with Gasteiger partial charge >= 0.3 is 0 Å². The van der Waals surface area contributed by atoms with E-state index >= 15 is 0 Å². The summed E-state index contributed by atoms with van der Waals surface area (Å²) in [5.41, 5.74) is 0.901. The third kappa shape index (κ3) is 3.09. The molecule has 0 bridgehead atoms. The van der Waals surface area contributed by atoms with Gasteiger partial charge < -0.3 is 10.6 Å². The molecule has 1 heterocycles. The number of nitrogens with one attached hydrogen (secondary N) is 2. The Morgan fingerprint density at radius 3 is 3.00 bits per heavy atom. The van der Waals surface area contributed by atoms with Gasteiger partial charge in [-0.05, 0) is 50.6 Å². The molecule has 4 heteroatoms. The molecule has 1 aromatic rings. The zero-order valence-corrected chi connectivity index (χ0v) is 9.86. The quantitative estimate of drug-likeness (QED) is 0.833. The molecule has 1 aliphatic heterocycles. The van der Waals surface area contributed by atoms with Crippen LogP contribution in [0.5, 0.6) is 0 Å². The minimum Gasteiger partial charge on any atom is -0.382 e. The van der Waals surface area contributed by atoms with Gasteiger partial charge in [0.25, 0.3) is 0 Å². The number of anilines is 1. The van der Waals surface area contributed by atoms with Crippen LogP contribution < -0.4 is 10.6 Å². The van der Waals surface area contributed by atoms with Crippen molar-refractivity contribution >= 4 is 17.3 Å². The Bertz CT molecular complexity index is 349. The van der Waals surface area contributed by atoms with Crippen molar-refractivity contribution in [1.29, 1.82) is 0 Å². The van der Waals surface area contributed by atoms with Crippen molar-refractivity contribution in [3.63, 3.8) is 0 Å². The minimum atomic E-state index is -0.366. The van der Waals surface area contributed by atoms with E-state index in [0.29, 0.717) is 6.04 Å². The van der Waals surface area contributed by atoms with Crippen LogP contribution in [0.2, 0.25) is 5.02 Å². The van der Waals surface area contributed by atoms with Gasteiger partial charge in [-0.1, -0.05) is 11.6 Å². The maximum Gasteiger partial charge on any atom is 0.141 e. The van der Waals surface area contributed by atoms with E-state index in [9.17, 15) is 4.39 Å². The number of hydrogen-bond acceptors (Lipinski definition) is 2. The fraction of sp³-hybridized carbons (Fsp3) is 0.500. The first kappa shape index (κ1) is 11.7. The van der Waals surface area contributed by atoms with Crippen LogP contribution in [0, 0.1) is 5.82 Å². The summed E-state index contributed by atoms with van der Waals surface area (Å²) >= 11 is 5.74. The van der Waals surface area contributed by atoms with Crippen molar-refractivity contribution in [3.8, 4) is 0 Å². The van der Waals surface area contributed by atoms with Gasteiger partial charge in [0.2, 0.25) is 0 Å². The summed E-state index contributed by atoms with van der Waals surface area (Å²) in [6.07, 6.45) is 3.41. The van der Waals surface area contributed by atoms with Gasteiger partial charge in [-0.25, -0.2) is 4.39 Å². The van der Waals surface area contributed by atoms with Gasteiger partial charge in [0.05, 0.1) is 5.02 Å². The van der Waals surface area contributed by atoms with Gasteiger partial charge in [0.1, 0.15) is 5.82 Å². The van der Waals surface area contributed by atoms with Gasteiger partial charge in [-0.2, -0.15) is 0 Å². The molecule has 0 amide bonds. The maximum absolute atomic E-state index is 13.0. The lowest BCUT2D eigenvalue weighted by molar-refractivity contribution is 0.625. The summed E-state index contributed by atoms with van der Waals surface area (Å²) in [4.78, 5) is 0. The van der Waals surface area contributed by atoms with Gasteiger partial charge in [-0.15, -0.1) is 0 Å². The van der Waals surface area contributed by atoms with Crippen LogP contribution in [0.1, 0.15) is 19.3 Å². The van der Waals surface area contributed by atoms with Crippen LogP contribution in [0.3, 0.4) is 0 Å². The van der Waals surface area contributed by atoms with Crippen molar-refractivity contribution in [2.75, 3.05) is 18.4 Å². The Balaban J connectivity index is 1.99. The monoisotopic (exact) mass is 242 g/mol. The lowest BCUT2D eigenvalue weighted by Crippen LogP contribution is -2.21. The SMILES string of the molecule is Fc1ccc(NC2CCCNCC2)cc1Cl. The van der Waals surface area contributed by atoms with Crippen LogP contribution in [0.15, 0.2) is 18.2 Å². The maximum atomic E-state index is 13.0. The van der Waals surface area contributed by atoms with E-state index in [2.05, 4.69) is 10.6 Å². The molecular formula is C12H16ClFN2. The second kappa shape index (κ2) is 5.51. The van der Waals surface area contributed by atoms with Gasteiger partial charge in [-0.3, -0.25) is 0 Å². The smallest absolute Gasteiger partial charge is 0.141 e. The summed E-state index contributed by atoms with van der Waals surface area (Å²) in [7, 11) is 0. The van der Waals surface area contributed by atoms with Crippen LogP contribution >= 0.6 is 11.6 Å². The standard InChI is InChI=1S/C12H16ClFN2/c13-11-8-10(3-4-12(11)14)16-9-2-1-6-15-7-5-9/h3-4,8-9,15-16H,1-2,5-7H2. The van der Waals surface area contributed by atoms with E-state index in [1.807, 2.05) is 0 Å². The van der Waals surface area contributed by atoms with Crippen molar-refractivity contribution in [1.82, 2.24) is 5.32 Å². The lowest BCUT2D eigenvalue weighted by atomic mass is 10.1. The van der Waals surface area contributed by atoms with Crippen molar-refractivity contribution < 1.29 is 4.39 Å². The van der Waals surface area contributed by atoms with Gasteiger partial charge in [0, 0.05) is 11.7 Å². The molecule has 0 aromatic heterocycles. The topological polar surface area (TPSA) is 24.1 Å². The number of rotatable bonds is 2. The first-order chi connectivity index (χ1) is 7.75. The fourth-order valence-electron chi connectivity index (χ4n) is 1.99. The Morgan fingerprint density at radius 1 is 1.31 bits per heavy atom. The van der Waals surface area contributed by atoms with E-state index in [4.69, 9.17) is 11.6 Å². The van der Waals surface area contributed by atoms with E-state index in [-0.39, 0.29) is 10.8 Å². The molecule has 88 valence electrons. The van der Waals surface area contributed by atoms with Crippen LogP contribution in [-0.2, 0) is 0 Å². The van der Waals surface area contributed by atoms with Crippen LogP contribution in [0.25, 0.3) is 0 Å². The predicted molar refractivity (Wildman–Crippen MR) is 65.5 cm³/mol. The fourth-order valence-corrected chi connectivity index (χ4v) is 2.17. The minimum absolute atomic E-state index is 0.178. The van der Waals surface area contributed by atoms with Crippen LogP contribution in [-0.4, -0.2) is 19.1 Å². The highest BCUT2D eigenvalue weighted by atomic mass is 35.5. The molecule has 1 aromatic carbocycles. The first-order valence-electron chi connectivity index (χ1n) is 5.68. The average molecular weight is 243 g/mol. The number of halogens is 2. The lowest BCUT2D eigenvalue weighted by Gasteiger charge is -2.17. The molecule has 16 heavy (non-hydrogen) atoms. The molecule has 0 radical (unpaired) electrons. The highest BCUT2D eigenvalue weighted by Crippen LogP contribution is 2.21. The Labute approximate surface area is 100 Å². The third-order valence-corrected chi connectivity index (χ3v) is 3.16. The molecule has 1 saturated heterocycles. The molecule has 0 aliphatic carbocycles. The van der Waals surface area contributed by atoms with Crippen LogP contribution in [0.4, 0.5) is 10.1 Å². The van der Waals surface area contributed by atoms with Gasteiger partial charge in [0.15, 0.2) is 0 Å². The first-order valence-corrected chi connectivity index (χ1v) is 6.06. The summed E-state index contributed by atoms with van der Waals surface area (Å²) in [6, 6.07) is 5.24. The molecule has 0 spiro atoms. The van der Waals surface area contributed by atoms with Crippen molar-refractivity contribution in [3.05, 3.63) is 29.0 Å². The third-order valence-electron chi connectivity index (χ3n) is 2.87. The zero-order chi connectivity index (χ0) is 11.4. The molecule has 1 unspecified atom stereocenters. The summed E-state index contributed by atoms with van der Waals surface area (Å²) in [5, 5.41) is 6.93. The summed E-state index contributed by atoms with van der Waals surface area (Å²) in [6.45, 7) is 2.12. The zero-order valence-electron chi connectivity index (χ0n) is 9.10. The molecular weight excluding hydrogens is 227 g/mol. The number of hydrogen-bond donors (Lipinski definition) is 2. The average Bonchev–Trinajstić information content (AvgIpc) is 2.52.